The number of likely N-dealkylation sites (tertiary alicyclic amines) is 1. The van der Waals surface area contributed by atoms with Crippen LogP contribution in [0.2, 0.25) is 0 Å². The molecule has 3 atom stereocenters. The third-order valence-corrected chi connectivity index (χ3v) is 5.99. The number of rotatable bonds is 9. The van der Waals surface area contributed by atoms with Crippen molar-refractivity contribution >= 4 is 35.6 Å². The Hall–Kier alpha value is -5.01. The maximum atomic E-state index is 13.2. The van der Waals surface area contributed by atoms with E-state index in [9.17, 15) is 34.1 Å². The van der Waals surface area contributed by atoms with Gasteiger partial charge in [-0.25, -0.2) is 9.59 Å². The van der Waals surface area contributed by atoms with Gasteiger partial charge < -0.3 is 24.3 Å². The molecular weight excluding hydrogens is 518 g/mol. The number of ether oxygens (including phenoxy) is 4. The molecule has 14 heteroatoms. The van der Waals surface area contributed by atoms with Crippen molar-refractivity contribution < 1.29 is 47.8 Å². The zero-order valence-electron chi connectivity index (χ0n) is 20.6. The van der Waals surface area contributed by atoms with Crippen LogP contribution in [0.25, 0.3) is 0 Å². The number of nitrogens with zero attached hydrogens (tertiary/aromatic N) is 2. The van der Waals surface area contributed by atoms with Crippen molar-refractivity contribution in [2.75, 3.05) is 0 Å². The third kappa shape index (κ3) is 5.79. The molecule has 2 fully saturated rings. The molecule has 0 aromatic heterocycles. The molecular formula is C25H23N3O11. The zero-order chi connectivity index (χ0) is 28.2. The predicted octanol–water partition coefficient (Wildman–Crippen LogP) is 1.70. The van der Waals surface area contributed by atoms with Crippen LogP contribution in [0.4, 0.5) is 10.5 Å². The molecule has 0 aliphatic carbocycles. The van der Waals surface area contributed by atoms with Gasteiger partial charge in [0, 0.05) is 25.5 Å². The summed E-state index contributed by atoms with van der Waals surface area (Å²) in [5.41, 5.74) is -1.33. The SMILES string of the molecule is CC(=O)O[C@H]1[C@H](NC(=O)OCc2ccccc2)C(=O)N1C1(C(=O)OCc2ccc([N+](=O)[O-])cc2)CCC(=O)O1. The summed E-state index contributed by atoms with van der Waals surface area (Å²) in [6, 6.07) is 12.5. The number of nitro groups is 1. The molecule has 0 bridgehead atoms. The molecule has 2 aliphatic heterocycles. The van der Waals surface area contributed by atoms with Gasteiger partial charge in [-0.1, -0.05) is 30.3 Å². The Morgan fingerprint density at radius 3 is 2.28 bits per heavy atom. The fourth-order valence-electron chi connectivity index (χ4n) is 4.11. The highest BCUT2D eigenvalue weighted by molar-refractivity contribution is 5.98. The summed E-state index contributed by atoms with van der Waals surface area (Å²) >= 11 is 0. The molecule has 4 rings (SSSR count). The fourth-order valence-corrected chi connectivity index (χ4v) is 4.11. The van der Waals surface area contributed by atoms with Gasteiger partial charge >= 0.3 is 24.0 Å². The second kappa shape index (κ2) is 11.2. The van der Waals surface area contributed by atoms with Gasteiger partial charge in [-0.15, -0.1) is 0 Å². The number of cyclic esters (lactones) is 1. The predicted molar refractivity (Wildman–Crippen MR) is 127 cm³/mol. The number of non-ortho nitro benzene ring substituents is 1. The van der Waals surface area contributed by atoms with E-state index in [0.29, 0.717) is 11.1 Å². The van der Waals surface area contributed by atoms with E-state index in [-0.39, 0.29) is 31.7 Å². The van der Waals surface area contributed by atoms with Crippen molar-refractivity contribution in [3.05, 3.63) is 75.8 Å². The number of carbonyl (C=O) groups is 5. The maximum absolute atomic E-state index is 13.2. The van der Waals surface area contributed by atoms with Crippen LogP contribution in [0.3, 0.4) is 0 Å². The van der Waals surface area contributed by atoms with Crippen molar-refractivity contribution in [2.45, 2.75) is 51.0 Å². The highest BCUT2D eigenvalue weighted by atomic mass is 16.6. The first kappa shape index (κ1) is 27.0. The first-order chi connectivity index (χ1) is 18.6. The van der Waals surface area contributed by atoms with Crippen LogP contribution >= 0.6 is 0 Å². The number of hydrogen-bond donors (Lipinski definition) is 1. The second-order valence-electron chi connectivity index (χ2n) is 8.65. The normalized spacial score (nSPS) is 21.8. The molecule has 204 valence electrons. The molecule has 0 radical (unpaired) electrons. The lowest BCUT2D eigenvalue weighted by atomic mass is 9.96. The molecule has 2 aliphatic rings. The Balaban J connectivity index is 1.47. The van der Waals surface area contributed by atoms with Crippen molar-refractivity contribution in [1.29, 1.82) is 0 Å². The van der Waals surface area contributed by atoms with Gasteiger partial charge in [-0.2, -0.15) is 0 Å². The monoisotopic (exact) mass is 541 g/mol. The Bertz CT molecular complexity index is 1300. The average molecular weight is 541 g/mol. The average Bonchev–Trinajstić information content (AvgIpc) is 3.31. The molecule has 39 heavy (non-hydrogen) atoms. The highest BCUT2D eigenvalue weighted by Crippen LogP contribution is 2.40. The zero-order valence-corrected chi connectivity index (χ0v) is 20.6. The van der Waals surface area contributed by atoms with E-state index in [1.54, 1.807) is 30.3 Å². The number of β-lactam (4-membered cyclic amide) rings is 1. The van der Waals surface area contributed by atoms with Crippen LogP contribution in [0.15, 0.2) is 54.6 Å². The molecule has 2 amide bonds. The molecule has 14 nitrogen and oxygen atoms in total. The lowest BCUT2D eigenvalue weighted by Gasteiger charge is -2.51. The summed E-state index contributed by atoms with van der Waals surface area (Å²) < 4.78 is 20.9. The molecule has 2 heterocycles. The highest BCUT2D eigenvalue weighted by Gasteiger charge is 2.67. The standard InChI is InChI=1S/C25H23N3O11/c1-15(29)38-22-20(26-24(33)37-14-16-5-3-2-4-6-16)21(31)27(22)25(12-11-19(30)39-25)23(32)36-13-17-7-9-18(10-8-17)28(34)35/h2-10,20,22H,11-14H2,1H3,(H,26,33)/t20-,22+,25?/m1/s1. The minimum Gasteiger partial charge on any atom is -0.456 e. The van der Waals surface area contributed by atoms with Crippen molar-refractivity contribution in [3.63, 3.8) is 0 Å². The molecule has 0 saturated carbocycles. The lowest BCUT2D eigenvalue weighted by Crippen LogP contribution is -2.79. The molecule has 2 aromatic carbocycles. The van der Waals surface area contributed by atoms with E-state index in [1.807, 2.05) is 0 Å². The number of carbonyl (C=O) groups excluding carboxylic acids is 5. The van der Waals surface area contributed by atoms with Crippen molar-refractivity contribution in [3.8, 4) is 0 Å². The Morgan fingerprint density at radius 1 is 1.05 bits per heavy atom. The van der Waals surface area contributed by atoms with E-state index in [2.05, 4.69) is 5.32 Å². The van der Waals surface area contributed by atoms with Gasteiger partial charge in [0.25, 0.3) is 17.3 Å². The van der Waals surface area contributed by atoms with Crippen LogP contribution in [-0.4, -0.2) is 57.7 Å². The number of nitro benzene ring substituents is 1. The minimum absolute atomic E-state index is 0.0912. The van der Waals surface area contributed by atoms with Crippen LogP contribution in [0, 0.1) is 10.1 Å². The van der Waals surface area contributed by atoms with Crippen molar-refractivity contribution in [1.82, 2.24) is 10.2 Å². The van der Waals surface area contributed by atoms with E-state index in [4.69, 9.17) is 18.9 Å². The number of esters is 3. The Kier molecular flexibility index (Phi) is 7.74. The smallest absolute Gasteiger partial charge is 0.408 e. The quantitative estimate of drug-likeness (QED) is 0.160. The molecule has 1 unspecified atom stereocenters. The minimum atomic E-state index is -2.25. The van der Waals surface area contributed by atoms with Crippen LogP contribution in [0.1, 0.15) is 30.9 Å². The van der Waals surface area contributed by atoms with E-state index in [1.165, 1.54) is 24.3 Å². The van der Waals surface area contributed by atoms with Gasteiger partial charge in [0.05, 0.1) is 11.3 Å². The lowest BCUT2D eigenvalue weighted by molar-refractivity contribution is -0.384. The van der Waals surface area contributed by atoms with Gasteiger partial charge in [0.15, 0.2) is 6.04 Å². The summed E-state index contributed by atoms with van der Waals surface area (Å²) in [4.78, 5) is 73.6. The number of amides is 2. The maximum Gasteiger partial charge on any atom is 0.408 e. The Morgan fingerprint density at radius 2 is 1.69 bits per heavy atom. The summed E-state index contributed by atoms with van der Waals surface area (Å²) in [5, 5.41) is 13.1. The molecule has 1 N–H and O–H groups in total. The first-order valence-electron chi connectivity index (χ1n) is 11.7. The largest absolute Gasteiger partial charge is 0.456 e. The molecule has 2 saturated heterocycles. The van der Waals surface area contributed by atoms with Crippen LogP contribution < -0.4 is 5.32 Å². The van der Waals surface area contributed by atoms with Crippen LogP contribution in [0.5, 0.6) is 0 Å². The van der Waals surface area contributed by atoms with Gasteiger partial charge in [0.2, 0.25) is 6.23 Å². The van der Waals surface area contributed by atoms with Gasteiger partial charge in [0.1, 0.15) is 13.2 Å². The van der Waals surface area contributed by atoms with E-state index >= 15 is 0 Å². The summed E-state index contributed by atoms with van der Waals surface area (Å²) in [5.74, 6) is -3.63. The van der Waals surface area contributed by atoms with Crippen LogP contribution in [-0.2, 0) is 51.3 Å². The number of alkyl carbamates (subject to hydrolysis) is 1. The van der Waals surface area contributed by atoms with Crippen molar-refractivity contribution in [2.24, 2.45) is 0 Å². The Labute approximate surface area is 220 Å². The number of nitrogens with one attached hydrogen (secondary N) is 1. The first-order valence-corrected chi connectivity index (χ1v) is 11.7. The van der Waals surface area contributed by atoms with E-state index in [0.717, 1.165) is 11.8 Å². The number of hydrogen-bond acceptors (Lipinski definition) is 11. The third-order valence-electron chi connectivity index (χ3n) is 5.99. The summed E-state index contributed by atoms with van der Waals surface area (Å²) in [7, 11) is 0. The molecule has 2 aromatic rings. The fraction of sp³-hybridized carbons (Fsp3) is 0.320. The topological polar surface area (TPSA) is 181 Å². The van der Waals surface area contributed by atoms with Gasteiger partial charge in [-0.05, 0) is 23.3 Å². The number of benzene rings is 2. The summed E-state index contributed by atoms with van der Waals surface area (Å²) in [6.07, 6.45) is -3.01. The second-order valence-corrected chi connectivity index (χ2v) is 8.65. The van der Waals surface area contributed by atoms with E-state index < -0.39 is 52.8 Å². The van der Waals surface area contributed by atoms with Gasteiger partial charge in [-0.3, -0.25) is 29.4 Å². The molecule has 0 spiro atoms. The summed E-state index contributed by atoms with van der Waals surface area (Å²) in [6.45, 7) is 0.613.